The Morgan fingerprint density at radius 3 is 3.19 bits per heavy atom. The number of aromatic nitrogens is 5. The fraction of sp³-hybridized carbons (Fsp3) is 0.412. The van der Waals surface area contributed by atoms with E-state index in [1.165, 1.54) is 6.33 Å². The molecule has 1 fully saturated rings. The Hall–Kier alpha value is -2.61. The summed E-state index contributed by atoms with van der Waals surface area (Å²) in [7, 11) is 0. The molecule has 0 spiro atoms. The summed E-state index contributed by atoms with van der Waals surface area (Å²) in [6.07, 6.45) is 8.15. The number of fused-ring (bicyclic) bond motifs is 1. The van der Waals surface area contributed by atoms with Gasteiger partial charge in [0.1, 0.15) is 12.0 Å². The van der Waals surface area contributed by atoms with Gasteiger partial charge < -0.3 is 9.54 Å². The highest BCUT2D eigenvalue weighted by atomic mass is 32.2. The SMILES string of the molecule is N#CCC(C1CCN(CS(=O)[O-])C1)n1cc(-c2ncnc3[nH]ccc23)cn1. The van der Waals surface area contributed by atoms with Crippen LogP contribution in [0.15, 0.2) is 31.0 Å². The first kappa shape index (κ1) is 17.8. The van der Waals surface area contributed by atoms with Crippen molar-refractivity contribution in [3.63, 3.8) is 0 Å². The normalized spacial score (nSPS) is 19.9. The minimum atomic E-state index is -2.09. The molecule has 3 aromatic rings. The quantitative estimate of drug-likeness (QED) is 0.637. The Balaban J connectivity index is 1.59. The fourth-order valence-corrected chi connectivity index (χ4v) is 4.29. The van der Waals surface area contributed by atoms with Gasteiger partial charge >= 0.3 is 0 Å². The Kier molecular flexibility index (Phi) is 4.98. The number of hydrogen-bond donors (Lipinski definition) is 1. The number of nitriles is 1. The first-order valence-corrected chi connectivity index (χ1v) is 9.88. The molecule has 1 aliphatic rings. The Bertz CT molecular complexity index is 1010. The van der Waals surface area contributed by atoms with Crippen molar-refractivity contribution in [1.29, 1.82) is 5.26 Å². The van der Waals surface area contributed by atoms with Gasteiger partial charge in [-0.05, 0) is 36.0 Å². The second-order valence-electron chi connectivity index (χ2n) is 6.66. The van der Waals surface area contributed by atoms with Gasteiger partial charge in [0, 0.05) is 29.9 Å². The molecule has 27 heavy (non-hydrogen) atoms. The molecule has 0 aliphatic carbocycles. The van der Waals surface area contributed by atoms with Crippen LogP contribution in [-0.4, -0.2) is 57.4 Å². The number of likely N-dealkylation sites (tertiary alicyclic amines) is 1. The average molecular weight is 384 g/mol. The third kappa shape index (κ3) is 3.62. The first-order chi connectivity index (χ1) is 13.2. The van der Waals surface area contributed by atoms with Crippen molar-refractivity contribution in [3.05, 3.63) is 31.0 Å². The number of nitrogens with one attached hydrogen (secondary N) is 1. The third-order valence-electron chi connectivity index (χ3n) is 5.01. The van der Waals surface area contributed by atoms with Gasteiger partial charge in [0.25, 0.3) is 0 Å². The summed E-state index contributed by atoms with van der Waals surface area (Å²) < 4.78 is 23.7. The van der Waals surface area contributed by atoms with E-state index in [0.29, 0.717) is 19.5 Å². The van der Waals surface area contributed by atoms with Gasteiger partial charge in [-0.15, -0.1) is 0 Å². The van der Waals surface area contributed by atoms with Crippen molar-refractivity contribution >= 4 is 22.1 Å². The summed E-state index contributed by atoms with van der Waals surface area (Å²) >= 11 is -2.09. The molecule has 1 saturated heterocycles. The van der Waals surface area contributed by atoms with E-state index < -0.39 is 11.1 Å². The van der Waals surface area contributed by atoms with Crippen molar-refractivity contribution in [1.82, 2.24) is 29.6 Å². The molecule has 9 nitrogen and oxygen atoms in total. The maximum absolute atomic E-state index is 10.9. The number of nitrogens with zero attached hydrogens (tertiary/aromatic N) is 6. The molecule has 3 unspecified atom stereocenters. The minimum Gasteiger partial charge on any atom is -0.771 e. The van der Waals surface area contributed by atoms with E-state index >= 15 is 0 Å². The number of hydrogen-bond acceptors (Lipinski definition) is 7. The van der Waals surface area contributed by atoms with Gasteiger partial charge in [-0.2, -0.15) is 10.4 Å². The van der Waals surface area contributed by atoms with Crippen LogP contribution in [0.5, 0.6) is 0 Å². The highest BCUT2D eigenvalue weighted by Crippen LogP contribution is 2.32. The Morgan fingerprint density at radius 2 is 2.37 bits per heavy atom. The van der Waals surface area contributed by atoms with Gasteiger partial charge in [-0.1, -0.05) is 0 Å². The molecule has 0 bridgehead atoms. The fourth-order valence-electron chi connectivity index (χ4n) is 3.76. The molecule has 0 saturated carbocycles. The summed E-state index contributed by atoms with van der Waals surface area (Å²) in [5.41, 5.74) is 2.41. The molecule has 0 aromatic carbocycles. The predicted octanol–water partition coefficient (Wildman–Crippen LogP) is 1.43. The van der Waals surface area contributed by atoms with E-state index in [2.05, 4.69) is 26.1 Å². The largest absolute Gasteiger partial charge is 0.771 e. The minimum absolute atomic E-state index is 0.0343. The summed E-state index contributed by atoms with van der Waals surface area (Å²) in [6.45, 7) is 1.36. The molecule has 3 atom stereocenters. The van der Waals surface area contributed by atoms with Gasteiger partial charge in [-0.3, -0.25) is 13.8 Å². The molecule has 3 aromatic heterocycles. The van der Waals surface area contributed by atoms with E-state index in [-0.39, 0.29) is 17.8 Å². The van der Waals surface area contributed by atoms with E-state index in [4.69, 9.17) is 0 Å². The van der Waals surface area contributed by atoms with E-state index in [1.807, 2.05) is 28.0 Å². The van der Waals surface area contributed by atoms with Crippen LogP contribution in [0.3, 0.4) is 0 Å². The lowest BCUT2D eigenvalue weighted by molar-refractivity contribution is 0.294. The average Bonchev–Trinajstić information content (AvgIpc) is 3.39. The molecule has 1 N–H and O–H groups in total. The molecule has 140 valence electrons. The van der Waals surface area contributed by atoms with Gasteiger partial charge in [-0.25, -0.2) is 9.97 Å². The molecule has 0 radical (unpaired) electrons. The zero-order chi connectivity index (χ0) is 18.8. The van der Waals surface area contributed by atoms with E-state index in [0.717, 1.165) is 28.7 Å². The van der Waals surface area contributed by atoms with E-state index in [1.54, 1.807) is 6.20 Å². The highest BCUT2D eigenvalue weighted by molar-refractivity contribution is 7.79. The van der Waals surface area contributed by atoms with Crippen molar-refractivity contribution in [2.24, 2.45) is 5.92 Å². The Labute approximate surface area is 158 Å². The first-order valence-electron chi connectivity index (χ1n) is 8.63. The Morgan fingerprint density at radius 1 is 1.48 bits per heavy atom. The molecular formula is C17H18N7O2S-. The lowest BCUT2D eigenvalue weighted by atomic mass is 9.97. The summed E-state index contributed by atoms with van der Waals surface area (Å²) in [5, 5.41) is 14.7. The number of rotatable bonds is 6. The smallest absolute Gasteiger partial charge is 0.141 e. The maximum Gasteiger partial charge on any atom is 0.141 e. The molecule has 4 heterocycles. The van der Waals surface area contributed by atoms with Crippen molar-refractivity contribution in [2.75, 3.05) is 19.0 Å². The molecule has 0 amide bonds. The predicted molar refractivity (Wildman–Crippen MR) is 97.8 cm³/mol. The van der Waals surface area contributed by atoms with Crippen molar-refractivity contribution in [2.45, 2.75) is 18.9 Å². The number of aromatic amines is 1. The summed E-state index contributed by atoms with van der Waals surface area (Å²) in [6, 6.07) is 4.07. The monoisotopic (exact) mass is 384 g/mol. The maximum atomic E-state index is 10.9. The lowest BCUT2D eigenvalue weighted by Crippen LogP contribution is -2.27. The van der Waals surface area contributed by atoms with Crippen LogP contribution in [0, 0.1) is 17.2 Å². The van der Waals surface area contributed by atoms with Crippen LogP contribution in [0.25, 0.3) is 22.3 Å². The summed E-state index contributed by atoms with van der Waals surface area (Å²) in [5.74, 6) is 0.214. The van der Waals surface area contributed by atoms with Crippen LogP contribution >= 0.6 is 0 Å². The lowest BCUT2D eigenvalue weighted by Gasteiger charge is -2.23. The van der Waals surface area contributed by atoms with Crippen LogP contribution in [0.2, 0.25) is 0 Å². The molecule has 4 rings (SSSR count). The van der Waals surface area contributed by atoms with Crippen LogP contribution < -0.4 is 0 Å². The second-order valence-corrected chi connectivity index (χ2v) is 7.53. The van der Waals surface area contributed by atoms with Crippen molar-refractivity contribution < 1.29 is 8.76 Å². The molecule has 10 heteroatoms. The molecule has 1 aliphatic heterocycles. The van der Waals surface area contributed by atoms with Crippen molar-refractivity contribution in [3.8, 4) is 17.3 Å². The zero-order valence-electron chi connectivity index (χ0n) is 14.5. The van der Waals surface area contributed by atoms with Crippen LogP contribution in [0.1, 0.15) is 18.9 Å². The van der Waals surface area contributed by atoms with Gasteiger partial charge in [0.05, 0.1) is 36.3 Å². The van der Waals surface area contributed by atoms with E-state index in [9.17, 15) is 14.0 Å². The van der Waals surface area contributed by atoms with Gasteiger partial charge in [0.15, 0.2) is 0 Å². The van der Waals surface area contributed by atoms with Gasteiger partial charge in [0.2, 0.25) is 0 Å². The molecular weight excluding hydrogens is 366 g/mol. The second kappa shape index (κ2) is 7.56. The highest BCUT2D eigenvalue weighted by Gasteiger charge is 2.31. The standard InChI is InChI=1S/C17H19N7O2S/c18-4-1-15(12-3-6-23(8-12)11-27(25)26)24-9-13(7-22-24)16-14-2-5-19-17(14)21-10-20-16/h2,5,7,9-10,12,15H,1,3,6,8,11H2,(H,25,26)(H,19,20,21)/p-1. The summed E-state index contributed by atoms with van der Waals surface area (Å²) in [4.78, 5) is 13.6. The van der Waals surface area contributed by atoms with Crippen LogP contribution in [0.4, 0.5) is 0 Å². The zero-order valence-corrected chi connectivity index (χ0v) is 15.3. The number of H-pyrrole nitrogens is 1. The van der Waals surface area contributed by atoms with Crippen LogP contribution in [-0.2, 0) is 11.1 Å². The topological polar surface area (TPSA) is 127 Å². The third-order valence-corrected chi connectivity index (χ3v) is 5.59.